The molecule has 82 heavy (non-hydrogen) atoms. The number of rotatable bonds is 22. The molecule has 0 bridgehead atoms. The third kappa shape index (κ3) is 14.9. The van der Waals surface area contributed by atoms with Crippen LogP contribution in [0.25, 0.3) is 32.6 Å². The first-order chi connectivity index (χ1) is 39.0. The lowest BCUT2D eigenvalue weighted by Crippen LogP contribution is -2.58. The molecule has 0 aliphatic carbocycles. The summed E-state index contributed by atoms with van der Waals surface area (Å²) in [6, 6.07) is 15.8. The number of aryl methyl sites for hydroxylation is 2. The number of nitrogens with one attached hydrogen (secondary N) is 4. The Hall–Kier alpha value is -7.92. The lowest BCUT2D eigenvalue weighted by atomic mass is 9.85. The minimum absolute atomic E-state index is 0.0209. The van der Waals surface area contributed by atoms with E-state index < -0.39 is 53.6 Å². The first-order valence-electron chi connectivity index (χ1n) is 27.4. The Balaban J connectivity index is 0.800. The number of thiazole rings is 1. The molecule has 6 amide bonds. The molecule has 3 aromatic heterocycles. The van der Waals surface area contributed by atoms with E-state index >= 15 is 0 Å². The predicted octanol–water partition coefficient (Wildman–Crippen LogP) is 7.33. The maximum atomic E-state index is 14.4. The van der Waals surface area contributed by atoms with Gasteiger partial charge in [0.25, 0.3) is 0 Å². The number of hydrogen-bond acceptors (Lipinski definition) is 13. The molecule has 436 valence electrons. The molecule has 5 atom stereocenters. The number of carbonyl (C=O) groups excluding carboxylic acids is 6. The molecular weight excluding hydrogens is 1080 g/mol. The number of aliphatic hydroxyl groups is 1. The lowest BCUT2D eigenvalue weighted by Gasteiger charge is -2.35. The van der Waals surface area contributed by atoms with Gasteiger partial charge in [0, 0.05) is 69.9 Å². The highest BCUT2D eigenvalue weighted by molar-refractivity contribution is 7.13. The van der Waals surface area contributed by atoms with Gasteiger partial charge >= 0.3 is 6.36 Å². The molecule has 7 N–H and O–H groups in total. The highest BCUT2D eigenvalue weighted by atomic mass is 32.1. The van der Waals surface area contributed by atoms with Gasteiger partial charge in [-0.1, -0.05) is 70.2 Å². The minimum atomic E-state index is -4.85. The quantitative estimate of drug-likeness (QED) is 0.0366. The van der Waals surface area contributed by atoms with Gasteiger partial charge in [-0.2, -0.15) is 0 Å². The van der Waals surface area contributed by atoms with E-state index in [4.69, 9.17) is 5.73 Å². The van der Waals surface area contributed by atoms with Gasteiger partial charge in [0.2, 0.25) is 35.4 Å². The molecular formula is C59H70F3N11O8S. The zero-order valence-electron chi connectivity index (χ0n) is 46.8. The summed E-state index contributed by atoms with van der Waals surface area (Å²) in [5, 5.41) is 23.0. The Bertz CT molecular complexity index is 3310. The number of ether oxygens (including phenoxy) is 1. The van der Waals surface area contributed by atoms with Gasteiger partial charge in [-0.3, -0.25) is 28.8 Å². The molecule has 0 spiro atoms. The van der Waals surface area contributed by atoms with Gasteiger partial charge in [-0.25, -0.2) is 15.0 Å². The molecule has 1 saturated heterocycles. The topological polar surface area (TPSA) is 256 Å². The maximum Gasteiger partial charge on any atom is 0.573 e. The van der Waals surface area contributed by atoms with Crippen LogP contribution in [0.3, 0.4) is 0 Å². The molecule has 1 fully saturated rings. The highest BCUT2D eigenvalue weighted by Crippen LogP contribution is 2.38. The summed E-state index contributed by atoms with van der Waals surface area (Å²) in [6.45, 7) is 10.5. The van der Waals surface area contributed by atoms with E-state index in [9.17, 15) is 47.0 Å². The number of hydrogen-bond donors (Lipinski definition) is 6. The largest absolute Gasteiger partial charge is 0.573 e. The van der Waals surface area contributed by atoms with Crippen LogP contribution < -0.4 is 36.6 Å². The van der Waals surface area contributed by atoms with Crippen molar-refractivity contribution < 1.29 is 51.8 Å². The van der Waals surface area contributed by atoms with Crippen LogP contribution in [0.5, 0.6) is 5.75 Å². The number of fused-ring (bicyclic) bond motifs is 2. The number of halogens is 3. The third-order valence-electron chi connectivity index (χ3n) is 14.9. The summed E-state index contributed by atoms with van der Waals surface area (Å²) in [5.41, 5.74) is 14.2. The van der Waals surface area contributed by atoms with Crippen LogP contribution in [-0.2, 0) is 48.2 Å². The van der Waals surface area contributed by atoms with Crippen molar-refractivity contribution in [1.29, 1.82) is 0 Å². The van der Waals surface area contributed by atoms with Crippen LogP contribution >= 0.6 is 11.3 Å². The number of nitrogens with zero attached hydrogens (tertiary/aromatic N) is 6. The molecule has 19 nitrogen and oxygen atoms in total. The first-order valence-corrected chi connectivity index (χ1v) is 28.3. The zero-order valence-corrected chi connectivity index (χ0v) is 47.6. The summed E-state index contributed by atoms with van der Waals surface area (Å²) < 4.78 is 44.4. The van der Waals surface area contributed by atoms with Crippen molar-refractivity contribution in [2.24, 2.45) is 11.3 Å². The molecule has 23 heteroatoms. The number of nitrogens with two attached hydrogens (primary N) is 1. The maximum absolute atomic E-state index is 14.4. The number of aliphatic hydroxyl groups excluding tert-OH is 1. The summed E-state index contributed by atoms with van der Waals surface area (Å²) in [6.07, 6.45) is -0.209. The third-order valence-corrected chi connectivity index (χ3v) is 15.9. The number of carbonyl (C=O) groups is 6. The first kappa shape index (κ1) is 60.2. The van der Waals surface area contributed by atoms with Crippen molar-refractivity contribution in [3.05, 3.63) is 107 Å². The lowest BCUT2D eigenvalue weighted by molar-refractivity contribution is -0.274. The van der Waals surface area contributed by atoms with Crippen molar-refractivity contribution in [1.82, 2.24) is 45.7 Å². The standard InChI is InChI=1S/C59H70F3N11O8S/c1-34(10-7-13-47(75)70-53(58(3,4)5)57(80)73-30-41(74)28-46(73)56(79)69-44(29-48(76)64-6)37-14-16-38(17-15-37)52-35(2)68-33-82-52)24-49(77)65-21-9-22-71-31-43(51-54(63)66-32-67-55(51)71)39-18-19-45-40(27-39)20-23-72(45)50(78)26-36-11-8-12-42(25-36)81-59(60,61)62/h8,11-12,14-19,25,27,31-34,41,44,46,53,74H,7,9-10,13,20-24,26,28-30H2,1-6H3,(H,64,76)(H,65,77)(H,69,79)(H,70,75)(H2,63,66,67)/t34?,41-,44+,46+,53-/m1/s1. The Morgan fingerprint density at radius 1 is 0.915 bits per heavy atom. The number of aromatic nitrogens is 4. The highest BCUT2D eigenvalue weighted by Gasteiger charge is 2.45. The van der Waals surface area contributed by atoms with Gasteiger partial charge < -0.3 is 51.2 Å². The number of likely N-dealkylation sites (tertiary alicyclic amines) is 1. The van der Waals surface area contributed by atoms with Crippen LogP contribution in [0, 0.1) is 18.3 Å². The SMILES string of the molecule is CNC(=O)C[C@H](NC(=O)[C@@H]1C[C@@H](O)CN1C(=O)[C@@H](NC(=O)CCCC(C)CC(=O)NCCCn1cc(-c2ccc3c(c2)CCN3C(=O)Cc2cccc(OC(F)(F)F)c2)c2c(N)ncnc21)C(C)(C)C)c1ccc(-c2scnc2C)cc1. The number of nitrogen functional groups attached to an aromatic ring is 1. The van der Waals surface area contributed by atoms with Crippen LogP contribution in [0.4, 0.5) is 24.7 Å². The summed E-state index contributed by atoms with van der Waals surface area (Å²) in [5.74, 6) is -2.25. The Labute approximate surface area is 477 Å². The predicted molar refractivity (Wildman–Crippen MR) is 305 cm³/mol. The number of anilines is 2. The van der Waals surface area contributed by atoms with Crippen molar-refractivity contribution in [3.63, 3.8) is 0 Å². The van der Waals surface area contributed by atoms with Gasteiger partial charge in [0.1, 0.15) is 35.6 Å². The number of benzene rings is 3. The molecule has 1 unspecified atom stereocenters. The Morgan fingerprint density at radius 2 is 1.67 bits per heavy atom. The molecule has 5 heterocycles. The van der Waals surface area contributed by atoms with Crippen LogP contribution in [0.15, 0.2) is 84.8 Å². The van der Waals surface area contributed by atoms with Gasteiger partial charge in [0.15, 0.2) is 0 Å². The molecule has 8 rings (SSSR count). The Morgan fingerprint density at radius 3 is 2.38 bits per heavy atom. The second-order valence-corrected chi connectivity index (χ2v) is 23.1. The van der Waals surface area contributed by atoms with E-state index in [1.807, 2.05) is 87.8 Å². The van der Waals surface area contributed by atoms with Crippen molar-refractivity contribution >= 4 is 69.3 Å². The van der Waals surface area contributed by atoms with E-state index in [0.717, 1.165) is 32.8 Å². The fraction of sp³-hybridized carbons (Fsp3) is 0.441. The summed E-state index contributed by atoms with van der Waals surface area (Å²) >= 11 is 1.51. The fourth-order valence-electron chi connectivity index (χ4n) is 10.7. The van der Waals surface area contributed by atoms with Crippen molar-refractivity contribution in [2.75, 3.05) is 37.3 Å². The second kappa shape index (κ2) is 25.9. The molecule has 2 aliphatic heterocycles. The van der Waals surface area contributed by atoms with Crippen LogP contribution in [0.1, 0.15) is 101 Å². The number of amides is 6. The van der Waals surface area contributed by atoms with Crippen molar-refractivity contribution in [2.45, 2.75) is 130 Å². The number of alkyl halides is 3. The number of β-amino-alcohol motifs (C(OH)–C–C–N with tert-alkyl or cyclic N) is 1. The monoisotopic (exact) mass is 1150 g/mol. The van der Waals surface area contributed by atoms with Crippen LogP contribution in [0.2, 0.25) is 0 Å². The van der Waals surface area contributed by atoms with E-state index in [-0.39, 0.29) is 68.2 Å². The Kier molecular flexibility index (Phi) is 19.0. The van der Waals surface area contributed by atoms with E-state index in [1.165, 1.54) is 47.8 Å². The van der Waals surface area contributed by atoms with Gasteiger partial charge in [-0.15, -0.1) is 24.5 Å². The summed E-state index contributed by atoms with van der Waals surface area (Å²) in [4.78, 5) is 98.2. The second-order valence-electron chi connectivity index (χ2n) is 22.2. The molecule has 2 aliphatic rings. The van der Waals surface area contributed by atoms with E-state index in [0.29, 0.717) is 79.0 Å². The van der Waals surface area contributed by atoms with Gasteiger partial charge in [-0.05, 0) is 96.0 Å². The van der Waals surface area contributed by atoms with Crippen LogP contribution in [-0.4, -0.2) is 116 Å². The minimum Gasteiger partial charge on any atom is -0.406 e. The molecule has 0 saturated carbocycles. The van der Waals surface area contributed by atoms with Crippen molar-refractivity contribution in [3.8, 4) is 27.3 Å². The summed E-state index contributed by atoms with van der Waals surface area (Å²) in [7, 11) is 1.51. The van der Waals surface area contributed by atoms with Gasteiger partial charge in [0.05, 0.1) is 46.5 Å². The molecule has 0 radical (unpaired) electrons. The average molecular weight is 1150 g/mol. The molecule has 6 aromatic rings. The average Bonchev–Trinajstić information content (AvgIpc) is 3.07. The van der Waals surface area contributed by atoms with E-state index in [2.05, 4.69) is 41.0 Å². The normalized spacial score (nSPS) is 16.3. The molecule has 3 aromatic carbocycles. The van der Waals surface area contributed by atoms with E-state index in [1.54, 1.807) is 16.5 Å². The zero-order chi connectivity index (χ0) is 59.0. The smallest absolute Gasteiger partial charge is 0.406 e. The fourth-order valence-corrected chi connectivity index (χ4v) is 11.5.